The van der Waals surface area contributed by atoms with Crippen LogP contribution >= 0.6 is 0 Å². The molecule has 20 heavy (non-hydrogen) atoms. The zero-order valence-corrected chi connectivity index (χ0v) is 12.0. The van der Waals surface area contributed by atoms with Gasteiger partial charge in [-0.2, -0.15) is 0 Å². The molecule has 4 heteroatoms. The molecule has 0 fully saturated rings. The van der Waals surface area contributed by atoms with Gasteiger partial charge in [-0.05, 0) is 32.4 Å². The third-order valence-corrected chi connectivity index (χ3v) is 3.19. The Hall–Kier alpha value is -2.10. The minimum absolute atomic E-state index is 0.0536. The van der Waals surface area contributed by atoms with E-state index in [-0.39, 0.29) is 22.6 Å². The third-order valence-electron chi connectivity index (χ3n) is 3.19. The zero-order chi connectivity index (χ0) is 14.8. The van der Waals surface area contributed by atoms with Crippen LogP contribution in [0.15, 0.2) is 39.5 Å². The van der Waals surface area contributed by atoms with Gasteiger partial charge < -0.3 is 9.73 Å². The van der Waals surface area contributed by atoms with Crippen molar-refractivity contribution in [2.45, 2.75) is 39.2 Å². The molecule has 0 atom stereocenters. The van der Waals surface area contributed by atoms with Crippen LogP contribution in [-0.4, -0.2) is 11.4 Å². The predicted octanol–water partition coefficient (Wildman–Crippen LogP) is 3.10. The molecule has 0 aliphatic rings. The van der Waals surface area contributed by atoms with Crippen LogP contribution in [0.3, 0.4) is 0 Å². The molecule has 0 aliphatic heterocycles. The largest absolute Gasteiger partial charge is 0.451 e. The van der Waals surface area contributed by atoms with Gasteiger partial charge in [0.15, 0.2) is 11.2 Å². The maximum Gasteiger partial charge on any atom is 0.287 e. The first kappa shape index (κ1) is 14.3. The van der Waals surface area contributed by atoms with Crippen molar-refractivity contribution in [3.05, 3.63) is 46.3 Å². The predicted molar refractivity (Wildman–Crippen MR) is 78.9 cm³/mol. The second kappa shape index (κ2) is 5.49. The van der Waals surface area contributed by atoms with Crippen molar-refractivity contribution in [3.63, 3.8) is 0 Å². The Kier molecular flexibility index (Phi) is 3.93. The molecule has 0 unspecified atom stereocenters. The number of hydrogen-bond acceptors (Lipinski definition) is 3. The number of amides is 1. The molecule has 1 amide bonds. The number of rotatable bonds is 4. The summed E-state index contributed by atoms with van der Waals surface area (Å²) >= 11 is 0. The van der Waals surface area contributed by atoms with E-state index in [0.29, 0.717) is 11.0 Å². The Bertz CT molecular complexity index is 685. The number of nitrogens with one attached hydrogen (secondary N) is 1. The molecular weight excluding hydrogens is 254 g/mol. The van der Waals surface area contributed by atoms with E-state index in [0.717, 1.165) is 12.8 Å². The van der Waals surface area contributed by atoms with Crippen molar-refractivity contribution >= 4 is 16.9 Å². The lowest BCUT2D eigenvalue weighted by atomic mass is 9.99. The molecule has 1 aromatic heterocycles. The van der Waals surface area contributed by atoms with Crippen LogP contribution in [0.25, 0.3) is 11.0 Å². The third kappa shape index (κ3) is 3.07. The van der Waals surface area contributed by atoms with E-state index < -0.39 is 0 Å². The van der Waals surface area contributed by atoms with E-state index in [1.807, 2.05) is 13.8 Å². The van der Waals surface area contributed by atoms with E-state index in [9.17, 15) is 9.59 Å². The molecular formula is C16H19NO3. The van der Waals surface area contributed by atoms with Gasteiger partial charge in [0.25, 0.3) is 5.91 Å². The molecule has 0 saturated heterocycles. The smallest absolute Gasteiger partial charge is 0.287 e. The standard InChI is InChI=1S/C16H19NO3/c1-4-9-16(2,3)17-15(19)14-10-12(18)11-7-5-6-8-13(11)20-14/h5-8,10H,4,9H2,1-3H3,(H,17,19). The Morgan fingerprint density at radius 1 is 1.30 bits per heavy atom. The summed E-state index contributed by atoms with van der Waals surface area (Å²) in [5.74, 6) is -0.302. The number of fused-ring (bicyclic) bond motifs is 1. The highest BCUT2D eigenvalue weighted by molar-refractivity contribution is 5.93. The van der Waals surface area contributed by atoms with Gasteiger partial charge >= 0.3 is 0 Å². The number of carbonyl (C=O) groups is 1. The highest BCUT2D eigenvalue weighted by Crippen LogP contribution is 2.15. The van der Waals surface area contributed by atoms with Gasteiger partial charge in [0, 0.05) is 11.6 Å². The molecule has 2 aromatic rings. The summed E-state index contributed by atoms with van der Waals surface area (Å²) in [4.78, 5) is 24.1. The van der Waals surface area contributed by atoms with Crippen molar-refractivity contribution in [2.75, 3.05) is 0 Å². The number of carbonyl (C=O) groups excluding carboxylic acids is 1. The highest BCUT2D eigenvalue weighted by Gasteiger charge is 2.22. The first-order chi connectivity index (χ1) is 9.43. The first-order valence-corrected chi connectivity index (χ1v) is 6.78. The normalized spacial score (nSPS) is 11.6. The van der Waals surface area contributed by atoms with Gasteiger partial charge in [0.1, 0.15) is 5.58 Å². The van der Waals surface area contributed by atoms with Crippen LogP contribution in [0, 0.1) is 0 Å². The molecule has 1 aromatic carbocycles. The van der Waals surface area contributed by atoms with Crippen LogP contribution in [0.2, 0.25) is 0 Å². The van der Waals surface area contributed by atoms with Gasteiger partial charge in [-0.3, -0.25) is 9.59 Å². The zero-order valence-electron chi connectivity index (χ0n) is 12.0. The minimum Gasteiger partial charge on any atom is -0.451 e. The molecule has 2 rings (SSSR count). The van der Waals surface area contributed by atoms with E-state index in [4.69, 9.17) is 4.42 Å². The Labute approximate surface area is 117 Å². The minimum atomic E-state index is -0.355. The maximum absolute atomic E-state index is 12.2. The number of benzene rings is 1. The van der Waals surface area contributed by atoms with Gasteiger partial charge in [-0.15, -0.1) is 0 Å². The lowest BCUT2D eigenvalue weighted by Crippen LogP contribution is -2.43. The summed E-state index contributed by atoms with van der Waals surface area (Å²) in [6, 6.07) is 8.16. The summed E-state index contributed by atoms with van der Waals surface area (Å²) in [6.07, 6.45) is 1.82. The fourth-order valence-electron chi connectivity index (χ4n) is 2.27. The molecule has 1 heterocycles. The van der Waals surface area contributed by atoms with Crippen molar-refractivity contribution in [2.24, 2.45) is 0 Å². The summed E-state index contributed by atoms with van der Waals surface area (Å²) < 4.78 is 5.52. The second-order valence-electron chi connectivity index (χ2n) is 5.56. The fraction of sp³-hybridized carbons (Fsp3) is 0.375. The molecule has 0 saturated carbocycles. The topological polar surface area (TPSA) is 59.3 Å². The molecule has 0 spiro atoms. The Morgan fingerprint density at radius 3 is 2.70 bits per heavy atom. The maximum atomic E-state index is 12.2. The molecule has 4 nitrogen and oxygen atoms in total. The van der Waals surface area contributed by atoms with Crippen molar-refractivity contribution < 1.29 is 9.21 Å². The monoisotopic (exact) mass is 273 g/mol. The summed E-state index contributed by atoms with van der Waals surface area (Å²) in [5, 5.41) is 3.38. The van der Waals surface area contributed by atoms with Crippen molar-refractivity contribution in [1.29, 1.82) is 0 Å². The van der Waals surface area contributed by atoms with Crippen molar-refractivity contribution in [3.8, 4) is 0 Å². The van der Waals surface area contributed by atoms with Crippen LogP contribution in [-0.2, 0) is 0 Å². The van der Waals surface area contributed by atoms with Crippen molar-refractivity contribution in [1.82, 2.24) is 5.32 Å². The summed E-state index contributed by atoms with van der Waals surface area (Å²) in [5.41, 5.74) is -0.0977. The first-order valence-electron chi connectivity index (χ1n) is 6.78. The molecule has 1 N–H and O–H groups in total. The lowest BCUT2D eigenvalue weighted by molar-refractivity contribution is 0.0881. The van der Waals surface area contributed by atoms with Crippen LogP contribution in [0.4, 0.5) is 0 Å². The quantitative estimate of drug-likeness (QED) is 0.931. The fourth-order valence-corrected chi connectivity index (χ4v) is 2.27. The second-order valence-corrected chi connectivity index (χ2v) is 5.56. The average molecular weight is 273 g/mol. The average Bonchev–Trinajstić information content (AvgIpc) is 2.38. The molecule has 0 radical (unpaired) electrons. The van der Waals surface area contributed by atoms with E-state index in [1.54, 1.807) is 24.3 Å². The van der Waals surface area contributed by atoms with Gasteiger partial charge in [-0.25, -0.2) is 0 Å². The summed E-state index contributed by atoms with van der Waals surface area (Å²) in [7, 11) is 0. The number of para-hydroxylation sites is 1. The van der Waals surface area contributed by atoms with Gasteiger partial charge in [0.05, 0.1) is 5.39 Å². The molecule has 0 aliphatic carbocycles. The lowest BCUT2D eigenvalue weighted by Gasteiger charge is -2.25. The van der Waals surface area contributed by atoms with E-state index in [1.165, 1.54) is 6.07 Å². The Balaban J connectivity index is 2.34. The SMILES string of the molecule is CCCC(C)(C)NC(=O)c1cc(=O)c2ccccc2o1. The van der Waals surface area contributed by atoms with Gasteiger partial charge in [0.2, 0.25) is 0 Å². The van der Waals surface area contributed by atoms with E-state index >= 15 is 0 Å². The molecule has 106 valence electrons. The highest BCUT2D eigenvalue weighted by atomic mass is 16.3. The summed E-state index contributed by atoms with van der Waals surface area (Å²) in [6.45, 7) is 5.96. The van der Waals surface area contributed by atoms with Crippen LogP contribution in [0.5, 0.6) is 0 Å². The van der Waals surface area contributed by atoms with Crippen LogP contribution < -0.4 is 10.7 Å². The van der Waals surface area contributed by atoms with Gasteiger partial charge in [-0.1, -0.05) is 25.5 Å². The Morgan fingerprint density at radius 2 is 2.00 bits per heavy atom. The molecule has 0 bridgehead atoms. The van der Waals surface area contributed by atoms with E-state index in [2.05, 4.69) is 12.2 Å². The van der Waals surface area contributed by atoms with Crippen LogP contribution in [0.1, 0.15) is 44.2 Å². The number of hydrogen-bond donors (Lipinski definition) is 1.